The molecular formula is C18H24O5. The third kappa shape index (κ3) is 4.99. The molecule has 3 N–H and O–H groups in total. The lowest BCUT2D eigenvalue weighted by atomic mass is 9.97. The second-order valence-electron chi connectivity index (χ2n) is 6.06. The highest BCUT2D eigenvalue weighted by atomic mass is 16.5. The molecule has 0 radical (unpaired) electrons. The van der Waals surface area contributed by atoms with Crippen molar-refractivity contribution in [1.82, 2.24) is 0 Å². The van der Waals surface area contributed by atoms with E-state index in [1.165, 1.54) is 6.07 Å². The fourth-order valence-electron chi connectivity index (χ4n) is 2.76. The number of phenolic OH excluding ortho intramolecular Hbond substituents is 2. The fraction of sp³-hybridized carbons (Fsp3) is 0.500. The van der Waals surface area contributed by atoms with Gasteiger partial charge >= 0.3 is 5.97 Å². The van der Waals surface area contributed by atoms with Crippen LogP contribution in [-0.4, -0.2) is 33.5 Å². The number of ether oxygens (including phenoxy) is 1. The highest BCUT2D eigenvalue weighted by Gasteiger charge is 2.22. The van der Waals surface area contributed by atoms with Crippen LogP contribution in [0.3, 0.4) is 0 Å². The molecule has 5 nitrogen and oxygen atoms in total. The number of esters is 1. The van der Waals surface area contributed by atoms with Crippen LogP contribution in [0.4, 0.5) is 0 Å². The molecule has 2 atom stereocenters. The van der Waals surface area contributed by atoms with Crippen molar-refractivity contribution < 1.29 is 24.9 Å². The molecule has 5 heteroatoms. The maximum absolute atomic E-state index is 12.4. The standard InChI is InChI=1S/C18H24O5/c1-12-7-5-3-2-4-6-8-14(19)9-13-10-15(20)11-16(21)17(13)18(22)23-12/h3,5,10-12,14,19-21H,2,4,6-9H2,1H3. The van der Waals surface area contributed by atoms with E-state index in [4.69, 9.17) is 4.74 Å². The molecule has 126 valence electrons. The molecule has 1 aliphatic heterocycles. The van der Waals surface area contributed by atoms with Gasteiger partial charge in [0.25, 0.3) is 0 Å². The zero-order valence-corrected chi connectivity index (χ0v) is 13.4. The second-order valence-corrected chi connectivity index (χ2v) is 6.06. The van der Waals surface area contributed by atoms with Crippen molar-refractivity contribution in [2.24, 2.45) is 0 Å². The predicted octanol–water partition coefficient (Wildman–Crippen LogP) is 3.07. The number of carbonyl (C=O) groups excluding carboxylic acids is 1. The van der Waals surface area contributed by atoms with Crippen LogP contribution >= 0.6 is 0 Å². The Balaban J connectivity index is 2.32. The third-order valence-corrected chi connectivity index (χ3v) is 3.94. The molecule has 0 spiro atoms. The molecule has 2 rings (SSSR count). The van der Waals surface area contributed by atoms with Gasteiger partial charge in [-0.3, -0.25) is 0 Å². The van der Waals surface area contributed by atoms with E-state index in [-0.39, 0.29) is 29.6 Å². The first-order valence-corrected chi connectivity index (χ1v) is 8.06. The summed E-state index contributed by atoms with van der Waals surface area (Å²) in [5.41, 5.74) is 0.426. The summed E-state index contributed by atoms with van der Waals surface area (Å²) in [6.07, 6.45) is 7.31. The summed E-state index contributed by atoms with van der Waals surface area (Å²) in [5.74, 6) is -1.10. The fourth-order valence-corrected chi connectivity index (χ4v) is 2.76. The largest absolute Gasteiger partial charge is 0.508 e. The Kier molecular flexibility index (Phi) is 6.04. The number of phenols is 2. The van der Waals surface area contributed by atoms with Gasteiger partial charge in [-0.1, -0.05) is 18.6 Å². The first-order chi connectivity index (χ1) is 11.0. The molecule has 0 bridgehead atoms. The predicted molar refractivity (Wildman–Crippen MR) is 86.6 cm³/mol. The number of hydrogen-bond acceptors (Lipinski definition) is 5. The van der Waals surface area contributed by atoms with Gasteiger partial charge in [-0.25, -0.2) is 4.79 Å². The molecule has 1 aromatic rings. The molecule has 23 heavy (non-hydrogen) atoms. The number of aliphatic hydroxyl groups excluding tert-OH is 1. The van der Waals surface area contributed by atoms with Crippen LogP contribution in [0.2, 0.25) is 0 Å². The second kappa shape index (κ2) is 8.02. The van der Waals surface area contributed by atoms with E-state index >= 15 is 0 Å². The summed E-state index contributed by atoms with van der Waals surface area (Å²) in [6, 6.07) is 2.51. The molecule has 0 aliphatic carbocycles. The van der Waals surface area contributed by atoms with Crippen LogP contribution < -0.4 is 0 Å². The normalized spacial score (nSPS) is 23.7. The van der Waals surface area contributed by atoms with E-state index in [1.807, 2.05) is 6.08 Å². The third-order valence-electron chi connectivity index (χ3n) is 3.94. The Morgan fingerprint density at radius 1 is 1.17 bits per heavy atom. The van der Waals surface area contributed by atoms with Crippen LogP contribution in [0, 0.1) is 0 Å². The number of hydrogen-bond donors (Lipinski definition) is 3. The minimum Gasteiger partial charge on any atom is -0.508 e. The van der Waals surface area contributed by atoms with Gasteiger partial charge in [0, 0.05) is 12.5 Å². The Bertz CT molecular complexity index is 579. The van der Waals surface area contributed by atoms with Gasteiger partial charge < -0.3 is 20.1 Å². The first kappa shape index (κ1) is 17.3. The molecule has 1 aromatic carbocycles. The average molecular weight is 320 g/mol. The van der Waals surface area contributed by atoms with Gasteiger partial charge in [-0.05, 0) is 44.2 Å². The molecule has 1 aliphatic rings. The van der Waals surface area contributed by atoms with Gasteiger partial charge in [0.05, 0.1) is 6.10 Å². The maximum atomic E-state index is 12.4. The summed E-state index contributed by atoms with van der Waals surface area (Å²) < 4.78 is 5.36. The van der Waals surface area contributed by atoms with Crippen LogP contribution in [0.15, 0.2) is 24.3 Å². The number of cyclic esters (lactones) is 1. The SMILES string of the molecule is CC1CC=CCCCCC(O)Cc2cc(O)cc(O)c2C(=O)O1. The van der Waals surface area contributed by atoms with Crippen molar-refractivity contribution in [2.75, 3.05) is 0 Å². The maximum Gasteiger partial charge on any atom is 0.342 e. The average Bonchev–Trinajstić information content (AvgIpc) is 2.44. The highest BCUT2D eigenvalue weighted by molar-refractivity contribution is 5.94. The van der Waals surface area contributed by atoms with E-state index in [0.717, 1.165) is 25.3 Å². The lowest BCUT2D eigenvalue weighted by Crippen LogP contribution is -2.18. The van der Waals surface area contributed by atoms with Crippen molar-refractivity contribution in [3.05, 3.63) is 35.4 Å². The Labute approximate surface area is 136 Å². The molecule has 0 aromatic heterocycles. The minimum atomic E-state index is -0.636. The molecular weight excluding hydrogens is 296 g/mol. The number of aliphatic hydroxyl groups is 1. The first-order valence-electron chi connectivity index (χ1n) is 8.06. The summed E-state index contributed by atoms with van der Waals surface area (Å²) in [4.78, 5) is 12.4. The number of carbonyl (C=O) groups is 1. The summed E-state index contributed by atoms with van der Waals surface area (Å²) in [7, 11) is 0. The lowest BCUT2D eigenvalue weighted by molar-refractivity contribution is 0.0342. The Morgan fingerprint density at radius 3 is 2.74 bits per heavy atom. The number of aromatic hydroxyl groups is 2. The Hall–Kier alpha value is -2.01. The van der Waals surface area contributed by atoms with Gasteiger partial charge in [0.2, 0.25) is 0 Å². The Morgan fingerprint density at radius 2 is 1.96 bits per heavy atom. The zero-order valence-electron chi connectivity index (χ0n) is 13.4. The van der Waals surface area contributed by atoms with Crippen molar-refractivity contribution in [3.8, 4) is 11.5 Å². The van der Waals surface area contributed by atoms with Crippen molar-refractivity contribution in [2.45, 2.75) is 57.7 Å². The molecule has 0 saturated heterocycles. The van der Waals surface area contributed by atoms with E-state index in [9.17, 15) is 20.1 Å². The number of allylic oxidation sites excluding steroid dienone is 1. The van der Waals surface area contributed by atoms with E-state index in [0.29, 0.717) is 18.4 Å². The van der Waals surface area contributed by atoms with Crippen LogP contribution in [0.1, 0.15) is 54.9 Å². The zero-order chi connectivity index (χ0) is 16.8. The number of rotatable bonds is 0. The monoisotopic (exact) mass is 320 g/mol. The topological polar surface area (TPSA) is 87.0 Å². The molecule has 2 unspecified atom stereocenters. The van der Waals surface area contributed by atoms with E-state index in [2.05, 4.69) is 6.08 Å². The van der Waals surface area contributed by atoms with Gasteiger partial charge in [0.1, 0.15) is 23.2 Å². The smallest absolute Gasteiger partial charge is 0.342 e. The summed E-state index contributed by atoms with van der Waals surface area (Å²) in [5, 5.41) is 29.8. The lowest BCUT2D eigenvalue weighted by Gasteiger charge is -2.17. The highest BCUT2D eigenvalue weighted by Crippen LogP contribution is 2.30. The van der Waals surface area contributed by atoms with Crippen molar-refractivity contribution in [3.63, 3.8) is 0 Å². The molecule has 0 amide bonds. The van der Waals surface area contributed by atoms with Crippen molar-refractivity contribution in [1.29, 1.82) is 0 Å². The minimum absolute atomic E-state index is 0.0229. The molecule has 0 fully saturated rings. The quantitative estimate of drug-likeness (QED) is 0.505. The number of benzene rings is 1. The van der Waals surface area contributed by atoms with E-state index in [1.54, 1.807) is 6.92 Å². The van der Waals surface area contributed by atoms with E-state index < -0.39 is 12.1 Å². The summed E-state index contributed by atoms with van der Waals surface area (Å²) >= 11 is 0. The van der Waals surface area contributed by atoms with Crippen LogP contribution in [0.25, 0.3) is 0 Å². The summed E-state index contributed by atoms with van der Waals surface area (Å²) in [6.45, 7) is 1.79. The number of fused-ring (bicyclic) bond motifs is 1. The van der Waals surface area contributed by atoms with Crippen LogP contribution in [0.5, 0.6) is 11.5 Å². The van der Waals surface area contributed by atoms with Gasteiger partial charge in [0.15, 0.2) is 0 Å². The van der Waals surface area contributed by atoms with Crippen LogP contribution in [-0.2, 0) is 11.2 Å². The van der Waals surface area contributed by atoms with Gasteiger partial charge in [-0.15, -0.1) is 0 Å². The molecule has 1 heterocycles. The molecule has 0 saturated carbocycles. The van der Waals surface area contributed by atoms with Crippen molar-refractivity contribution >= 4 is 5.97 Å². The van der Waals surface area contributed by atoms with Gasteiger partial charge in [-0.2, -0.15) is 0 Å².